The normalized spacial score (nSPS) is 14.9. The molecule has 28 heavy (non-hydrogen) atoms. The number of methoxy groups -OCH3 is 1. The Morgan fingerprint density at radius 2 is 1.75 bits per heavy atom. The fourth-order valence-electron chi connectivity index (χ4n) is 3.64. The zero-order valence-corrected chi connectivity index (χ0v) is 16.1. The lowest BCUT2D eigenvalue weighted by molar-refractivity contribution is 0.183. The maximum absolute atomic E-state index is 12.9. The highest BCUT2D eigenvalue weighted by molar-refractivity contribution is 5.82. The van der Waals surface area contributed by atoms with Gasteiger partial charge < -0.3 is 13.9 Å². The average molecular weight is 379 g/mol. The van der Waals surface area contributed by atoms with Gasteiger partial charge >= 0.3 is 0 Å². The van der Waals surface area contributed by atoms with Crippen molar-refractivity contribution in [2.24, 2.45) is 0 Å². The van der Waals surface area contributed by atoms with Crippen molar-refractivity contribution in [1.82, 2.24) is 4.90 Å². The lowest BCUT2D eigenvalue weighted by Crippen LogP contribution is -2.33. The summed E-state index contributed by atoms with van der Waals surface area (Å²) in [5, 5.41) is 0.552. The third kappa shape index (κ3) is 4.04. The van der Waals surface area contributed by atoms with Crippen LogP contribution in [0.5, 0.6) is 11.5 Å². The number of fused-ring (bicyclic) bond motifs is 1. The van der Waals surface area contributed by atoms with Gasteiger partial charge in [0.05, 0.1) is 18.1 Å². The zero-order chi connectivity index (χ0) is 19.3. The second-order valence-electron chi connectivity index (χ2n) is 7.12. The van der Waals surface area contributed by atoms with E-state index >= 15 is 0 Å². The van der Waals surface area contributed by atoms with Crippen LogP contribution in [0.3, 0.4) is 0 Å². The number of ether oxygens (including phenoxy) is 2. The van der Waals surface area contributed by atoms with Gasteiger partial charge in [-0.2, -0.15) is 0 Å². The van der Waals surface area contributed by atoms with Gasteiger partial charge in [0.1, 0.15) is 30.0 Å². The molecule has 0 amide bonds. The molecular formula is C23H25NO4. The van der Waals surface area contributed by atoms with Crippen molar-refractivity contribution in [3.63, 3.8) is 0 Å². The Labute approximate surface area is 164 Å². The van der Waals surface area contributed by atoms with Crippen molar-refractivity contribution in [3.05, 3.63) is 59.0 Å². The van der Waals surface area contributed by atoms with Gasteiger partial charge in [-0.05, 0) is 55.8 Å². The summed E-state index contributed by atoms with van der Waals surface area (Å²) in [7, 11) is 1.62. The van der Waals surface area contributed by atoms with Crippen LogP contribution in [0.2, 0.25) is 0 Å². The first-order valence-electron chi connectivity index (χ1n) is 9.80. The largest absolute Gasteiger partial charge is 0.497 e. The fraction of sp³-hybridized carbons (Fsp3) is 0.348. The van der Waals surface area contributed by atoms with E-state index in [4.69, 9.17) is 13.9 Å². The second-order valence-corrected chi connectivity index (χ2v) is 7.12. The molecule has 1 saturated heterocycles. The third-order valence-corrected chi connectivity index (χ3v) is 5.27. The second kappa shape index (κ2) is 8.48. The van der Waals surface area contributed by atoms with E-state index in [1.165, 1.54) is 25.5 Å². The van der Waals surface area contributed by atoms with E-state index in [1.807, 2.05) is 30.3 Å². The molecule has 146 valence electrons. The Morgan fingerprint density at radius 3 is 2.50 bits per heavy atom. The summed E-state index contributed by atoms with van der Waals surface area (Å²) >= 11 is 0. The van der Waals surface area contributed by atoms with Crippen LogP contribution in [-0.2, 0) is 0 Å². The quantitative estimate of drug-likeness (QED) is 0.638. The molecule has 0 radical (unpaired) electrons. The van der Waals surface area contributed by atoms with Crippen LogP contribution >= 0.6 is 0 Å². The van der Waals surface area contributed by atoms with Crippen molar-refractivity contribution in [3.8, 4) is 22.6 Å². The lowest BCUT2D eigenvalue weighted by Gasteiger charge is -2.26. The molecule has 0 spiro atoms. The van der Waals surface area contributed by atoms with Crippen molar-refractivity contribution < 1.29 is 13.9 Å². The Kier molecular flexibility index (Phi) is 5.63. The highest BCUT2D eigenvalue weighted by atomic mass is 16.5. The van der Waals surface area contributed by atoms with E-state index in [9.17, 15) is 4.79 Å². The molecule has 1 aliphatic rings. The number of piperidine rings is 1. The Morgan fingerprint density at radius 1 is 1.00 bits per heavy atom. The lowest BCUT2D eigenvalue weighted by atomic mass is 10.1. The van der Waals surface area contributed by atoms with Crippen LogP contribution in [0, 0.1) is 0 Å². The zero-order valence-electron chi connectivity index (χ0n) is 16.1. The summed E-state index contributed by atoms with van der Waals surface area (Å²) in [5.74, 6) is 1.48. The van der Waals surface area contributed by atoms with Gasteiger partial charge in [-0.25, -0.2) is 0 Å². The Balaban J connectivity index is 1.49. The maximum atomic E-state index is 12.9. The number of nitrogens with zero attached hydrogens (tertiary/aromatic N) is 1. The molecule has 2 aromatic carbocycles. The molecular weight excluding hydrogens is 354 g/mol. The van der Waals surface area contributed by atoms with Crippen molar-refractivity contribution in [2.45, 2.75) is 19.3 Å². The first-order valence-corrected chi connectivity index (χ1v) is 9.80. The predicted octanol–water partition coefficient (Wildman–Crippen LogP) is 4.33. The smallest absolute Gasteiger partial charge is 0.200 e. The molecule has 3 aromatic rings. The molecule has 1 fully saturated rings. The molecule has 0 atom stereocenters. The average Bonchev–Trinajstić information content (AvgIpc) is 2.75. The van der Waals surface area contributed by atoms with Crippen LogP contribution in [0.4, 0.5) is 0 Å². The van der Waals surface area contributed by atoms with Crippen LogP contribution in [0.25, 0.3) is 22.1 Å². The van der Waals surface area contributed by atoms with E-state index in [2.05, 4.69) is 4.90 Å². The van der Waals surface area contributed by atoms with Gasteiger partial charge in [-0.1, -0.05) is 18.6 Å². The fourth-order valence-corrected chi connectivity index (χ4v) is 3.64. The van der Waals surface area contributed by atoms with Gasteiger partial charge in [0.25, 0.3) is 0 Å². The highest BCUT2D eigenvalue weighted by Crippen LogP contribution is 2.24. The molecule has 0 aliphatic carbocycles. The molecule has 0 unspecified atom stereocenters. The van der Waals surface area contributed by atoms with Crippen LogP contribution in [-0.4, -0.2) is 38.3 Å². The number of hydrogen-bond acceptors (Lipinski definition) is 5. The molecule has 1 aliphatic heterocycles. The van der Waals surface area contributed by atoms with Crippen LogP contribution in [0.1, 0.15) is 19.3 Å². The molecule has 0 bridgehead atoms. The molecule has 1 aromatic heterocycles. The van der Waals surface area contributed by atoms with Crippen molar-refractivity contribution in [1.29, 1.82) is 0 Å². The third-order valence-electron chi connectivity index (χ3n) is 5.27. The minimum atomic E-state index is -0.0497. The van der Waals surface area contributed by atoms with Gasteiger partial charge in [-0.3, -0.25) is 9.69 Å². The Bertz CT molecular complexity index is 988. The van der Waals surface area contributed by atoms with Gasteiger partial charge in [0.2, 0.25) is 0 Å². The van der Waals surface area contributed by atoms with Crippen molar-refractivity contribution >= 4 is 11.0 Å². The summed E-state index contributed by atoms with van der Waals surface area (Å²) in [6, 6.07) is 12.8. The first kappa shape index (κ1) is 18.6. The summed E-state index contributed by atoms with van der Waals surface area (Å²) in [6.07, 6.45) is 5.40. The van der Waals surface area contributed by atoms with E-state index < -0.39 is 0 Å². The summed E-state index contributed by atoms with van der Waals surface area (Å²) in [5.41, 5.74) is 1.83. The van der Waals surface area contributed by atoms with Gasteiger partial charge in [0.15, 0.2) is 5.43 Å². The van der Waals surface area contributed by atoms with E-state index in [0.717, 1.165) is 36.7 Å². The van der Waals surface area contributed by atoms with Gasteiger partial charge in [0, 0.05) is 12.6 Å². The minimum Gasteiger partial charge on any atom is -0.497 e. The molecule has 5 heteroatoms. The number of benzene rings is 2. The first-order chi connectivity index (χ1) is 13.7. The SMILES string of the molecule is COc1ccc(-c2coc3cc(OCCN4CCCCC4)ccc3c2=O)cc1. The Hall–Kier alpha value is -2.79. The summed E-state index contributed by atoms with van der Waals surface area (Å²) in [4.78, 5) is 15.3. The highest BCUT2D eigenvalue weighted by Gasteiger charge is 2.12. The van der Waals surface area contributed by atoms with Crippen LogP contribution in [0.15, 0.2) is 57.9 Å². The van der Waals surface area contributed by atoms with E-state index in [1.54, 1.807) is 19.2 Å². The van der Waals surface area contributed by atoms with Crippen LogP contribution < -0.4 is 14.9 Å². The molecule has 4 rings (SSSR count). The maximum Gasteiger partial charge on any atom is 0.200 e. The monoisotopic (exact) mass is 379 g/mol. The number of rotatable bonds is 6. The predicted molar refractivity (Wildman–Crippen MR) is 110 cm³/mol. The van der Waals surface area contributed by atoms with Crippen molar-refractivity contribution in [2.75, 3.05) is 33.4 Å². The molecule has 0 saturated carbocycles. The molecule has 5 nitrogen and oxygen atoms in total. The standard InChI is InChI=1S/C23H25NO4/c1-26-18-7-5-17(6-8-18)21-16-28-22-15-19(9-10-20(22)23(21)25)27-14-13-24-11-3-2-4-12-24/h5-10,15-16H,2-4,11-14H2,1H3. The topological polar surface area (TPSA) is 51.9 Å². The molecule has 0 N–H and O–H groups in total. The number of likely N-dealkylation sites (tertiary alicyclic amines) is 1. The summed E-state index contributed by atoms with van der Waals surface area (Å²) in [6.45, 7) is 3.88. The minimum absolute atomic E-state index is 0.0497. The van der Waals surface area contributed by atoms with Gasteiger partial charge in [-0.15, -0.1) is 0 Å². The van der Waals surface area contributed by atoms with E-state index in [0.29, 0.717) is 23.1 Å². The summed E-state index contributed by atoms with van der Waals surface area (Å²) < 4.78 is 16.8. The number of hydrogen-bond donors (Lipinski definition) is 0. The van der Waals surface area contributed by atoms with E-state index in [-0.39, 0.29) is 5.43 Å². The molecule has 2 heterocycles.